The molecule has 1 aliphatic heterocycles. The smallest absolute Gasteiger partial charge is 0.307 e. The Morgan fingerprint density at radius 2 is 1.94 bits per heavy atom. The van der Waals surface area contributed by atoms with E-state index in [4.69, 9.17) is 5.11 Å². The normalized spacial score (nSPS) is 34.9. The highest BCUT2D eigenvalue weighted by atomic mass is 32.2. The van der Waals surface area contributed by atoms with E-state index < -0.39 is 27.6 Å². The maximum Gasteiger partial charge on any atom is 0.307 e. The fourth-order valence-corrected chi connectivity index (χ4v) is 3.84. The SMILES string of the molecule is O=C(O)[C@H]1C[C@H]1C(=O)NC1CCCS(=O)(=O)C1. The van der Waals surface area contributed by atoms with Gasteiger partial charge in [-0.3, -0.25) is 9.59 Å². The summed E-state index contributed by atoms with van der Waals surface area (Å²) >= 11 is 0. The summed E-state index contributed by atoms with van der Waals surface area (Å²) in [5.74, 6) is -2.18. The second kappa shape index (κ2) is 4.29. The van der Waals surface area contributed by atoms with Crippen LogP contribution in [0.5, 0.6) is 0 Å². The molecule has 0 aromatic rings. The average Bonchev–Trinajstić information content (AvgIpc) is 2.94. The van der Waals surface area contributed by atoms with Gasteiger partial charge < -0.3 is 10.4 Å². The number of rotatable bonds is 3. The molecule has 0 aromatic heterocycles. The van der Waals surface area contributed by atoms with Gasteiger partial charge in [0.2, 0.25) is 5.91 Å². The molecule has 96 valence electrons. The van der Waals surface area contributed by atoms with E-state index in [0.29, 0.717) is 19.3 Å². The van der Waals surface area contributed by atoms with E-state index in [9.17, 15) is 18.0 Å². The van der Waals surface area contributed by atoms with Gasteiger partial charge in [-0.05, 0) is 19.3 Å². The molecule has 17 heavy (non-hydrogen) atoms. The molecule has 0 bridgehead atoms. The van der Waals surface area contributed by atoms with Crippen LogP contribution >= 0.6 is 0 Å². The molecule has 2 aliphatic rings. The standard InChI is InChI=1S/C10H15NO5S/c12-9(7-4-8(7)10(13)14)11-6-2-1-3-17(15,16)5-6/h6-8H,1-5H2,(H,11,12)(H,13,14)/t6?,7-,8+/m1/s1. The van der Waals surface area contributed by atoms with Gasteiger partial charge in [0.15, 0.2) is 9.84 Å². The van der Waals surface area contributed by atoms with Crippen molar-refractivity contribution >= 4 is 21.7 Å². The molecule has 2 rings (SSSR count). The lowest BCUT2D eigenvalue weighted by Gasteiger charge is -2.22. The molecule has 0 aromatic carbocycles. The molecule has 1 aliphatic carbocycles. The molecular formula is C10H15NO5S. The van der Waals surface area contributed by atoms with Gasteiger partial charge >= 0.3 is 5.97 Å². The van der Waals surface area contributed by atoms with E-state index in [0.717, 1.165) is 0 Å². The first-order chi connectivity index (χ1) is 7.89. The largest absolute Gasteiger partial charge is 0.481 e. The minimum atomic E-state index is -3.04. The third-order valence-corrected chi connectivity index (χ3v) is 5.07. The molecule has 0 spiro atoms. The molecule has 6 nitrogen and oxygen atoms in total. The molecule has 3 atom stereocenters. The third kappa shape index (κ3) is 2.96. The van der Waals surface area contributed by atoms with Crippen LogP contribution in [0.15, 0.2) is 0 Å². The second-order valence-corrected chi connectivity index (χ2v) is 6.98. The zero-order chi connectivity index (χ0) is 12.6. The summed E-state index contributed by atoms with van der Waals surface area (Å²) < 4.78 is 22.7. The molecule has 2 fully saturated rings. The number of amides is 1. The van der Waals surface area contributed by atoms with Crippen molar-refractivity contribution in [1.29, 1.82) is 0 Å². The molecule has 1 amide bonds. The number of carboxylic acids is 1. The van der Waals surface area contributed by atoms with Crippen LogP contribution in [0.4, 0.5) is 0 Å². The highest BCUT2D eigenvalue weighted by Crippen LogP contribution is 2.38. The molecular weight excluding hydrogens is 246 g/mol. The van der Waals surface area contributed by atoms with Crippen LogP contribution in [0.1, 0.15) is 19.3 Å². The lowest BCUT2D eigenvalue weighted by Crippen LogP contribution is -2.44. The number of carbonyl (C=O) groups excluding carboxylic acids is 1. The van der Waals surface area contributed by atoms with Crippen LogP contribution in [-0.2, 0) is 19.4 Å². The van der Waals surface area contributed by atoms with E-state index in [1.807, 2.05) is 0 Å². The van der Waals surface area contributed by atoms with Gasteiger partial charge in [0.05, 0.1) is 23.3 Å². The maximum absolute atomic E-state index is 11.6. The van der Waals surface area contributed by atoms with Crippen molar-refractivity contribution in [3.8, 4) is 0 Å². The maximum atomic E-state index is 11.6. The van der Waals surface area contributed by atoms with Crippen molar-refractivity contribution in [3.63, 3.8) is 0 Å². The fraction of sp³-hybridized carbons (Fsp3) is 0.800. The lowest BCUT2D eigenvalue weighted by atomic mass is 10.1. The number of nitrogens with one attached hydrogen (secondary N) is 1. The Morgan fingerprint density at radius 1 is 1.24 bits per heavy atom. The topological polar surface area (TPSA) is 101 Å². The van der Waals surface area contributed by atoms with Crippen LogP contribution < -0.4 is 5.32 Å². The summed E-state index contributed by atoms with van der Waals surface area (Å²) in [5.41, 5.74) is 0. The zero-order valence-corrected chi connectivity index (χ0v) is 10.1. The van der Waals surface area contributed by atoms with E-state index >= 15 is 0 Å². The second-order valence-electron chi connectivity index (χ2n) is 4.75. The van der Waals surface area contributed by atoms with Crippen molar-refractivity contribution in [1.82, 2.24) is 5.32 Å². The monoisotopic (exact) mass is 261 g/mol. The molecule has 1 heterocycles. The Bertz CT molecular complexity index is 444. The minimum absolute atomic E-state index is 0.0246. The summed E-state index contributed by atoms with van der Waals surface area (Å²) in [4.78, 5) is 22.2. The summed E-state index contributed by atoms with van der Waals surface area (Å²) in [6.45, 7) is 0. The minimum Gasteiger partial charge on any atom is -0.481 e. The number of hydrogen-bond donors (Lipinski definition) is 2. The molecule has 1 saturated heterocycles. The summed E-state index contributed by atoms with van der Waals surface area (Å²) in [7, 11) is -3.04. The van der Waals surface area contributed by atoms with Crippen LogP contribution in [0, 0.1) is 11.8 Å². The summed E-state index contributed by atoms with van der Waals surface area (Å²) in [6, 6.07) is -0.351. The number of carboxylic acid groups (broad SMARTS) is 1. The number of sulfone groups is 1. The van der Waals surface area contributed by atoms with E-state index in [1.54, 1.807) is 0 Å². The van der Waals surface area contributed by atoms with E-state index in [2.05, 4.69) is 5.32 Å². The van der Waals surface area contributed by atoms with Crippen molar-refractivity contribution < 1.29 is 23.1 Å². The molecule has 2 N–H and O–H groups in total. The predicted molar refractivity (Wildman–Crippen MR) is 59.1 cm³/mol. The first-order valence-corrected chi connectivity index (χ1v) is 7.45. The Balaban J connectivity index is 1.86. The lowest BCUT2D eigenvalue weighted by molar-refractivity contribution is -0.140. The van der Waals surface area contributed by atoms with Crippen LogP contribution in [0.3, 0.4) is 0 Å². The predicted octanol–water partition coefficient (Wildman–Crippen LogP) is -0.599. The van der Waals surface area contributed by atoms with Gasteiger partial charge in [0.25, 0.3) is 0 Å². The molecule has 7 heteroatoms. The molecule has 1 unspecified atom stereocenters. The van der Waals surface area contributed by atoms with Gasteiger partial charge in [-0.1, -0.05) is 0 Å². The summed E-state index contributed by atoms with van der Waals surface area (Å²) in [6.07, 6.45) is 1.57. The third-order valence-electron chi connectivity index (χ3n) is 3.25. The molecule has 0 radical (unpaired) electrons. The van der Waals surface area contributed by atoms with Crippen molar-refractivity contribution in [2.45, 2.75) is 25.3 Å². The first kappa shape index (κ1) is 12.3. The number of aliphatic carboxylic acids is 1. The Hall–Kier alpha value is -1.11. The average molecular weight is 261 g/mol. The van der Waals surface area contributed by atoms with Gasteiger partial charge in [0, 0.05) is 6.04 Å². The molecule has 1 saturated carbocycles. The Morgan fingerprint density at radius 3 is 2.47 bits per heavy atom. The van der Waals surface area contributed by atoms with Gasteiger partial charge in [-0.15, -0.1) is 0 Å². The van der Waals surface area contributed by atoms with Crippen molar-refractivity contribution in [3.05, 3.63) is 0 Å². The van der Waals surface area contributed by atoms with Crippen molar-refractivity contribution in [2.75, 3.05) is 11.5 Å². The summed E-state index contributed by atoms with van der Waals surface area (Å²) in [5, 5.41) is 11.3. The van der Waals surface area contributed by atoms with E-state index in [-0.39, 0.29) is 23.5 Å². The van der Waals surface area contributed by atoms with Crippen molar-refractivity contribution in [2.24, 2.45) is 11.8 Å². The Kier molecular flexibility index (Phi) is 3.11. The first-order valence-electron chi connectivity index (χ1n) is 5.62. The number of carbonyl (C=O) groups is 2. The quantitative estimate of drug-likeness (QED) is 0.706. The van der Waals surface area contributed by atoms with Crippen LogP contribution in [0.25, 0.3) is 0 Å². The zero-order valence-electron chi connectivity index (χ0n) is 9.26. The van der Waals surface area contributed by atoms with Gasteiger partial charge in [-0.2, -0.15) is 0 Å². The van der Waals surface area contributed by atoms with Gasteiger partial charge in [0.1, 0.15) is 0 Å². The highest BCUT2D eigenvalue weighted by molar-refractivity contribution is 7.91. The van der Waals surface area contributed by atoms with E-state index in [1.165, 1.54) is 0 Å². The van der Waals surface area contributed by atoms with Crippen LogP contribution in [0.2, 0.25) is 0 Å². The fourth-order valence-electron chi connectivity index (χ4n) is 2.20. The van der Waals surface area contributed by atoms with Gasteiger partial charge in [-0.25, -0.2) is 8.42 Å². The van der Waals surface area contributed by atoms with Crippen LogP contribution in [-0.4, -0.2) is 42.9 Å². The highest BCUT2D eigenvalue weighted by Gasteiger charge is 2.48. The number of hydrogen-bond acceptors (Lipinski definition) is 4. The Labute approximate surface area is 99.3 Å².